The molecule has 1 aliphatic heterocycles. The monoisotopic (exact) mass is 539 g/mol. The predicted octanol–water partition coefficient (Wildman–Crippen LogP) is 7.14. The van der Waals surface area contributed by atoms with Crippen LogP contribution in [0.15, 0.2) is 97.3 Å². The molecule has 5 heteroatoms. The van der Waals surface area contributed by atoms with E-state index in [9.17, 15) is 0 Å². The van der Waals surface area contributed by atoms with Crippen molar-refractivity contribution >= 4 is 49.0 Å². The predicted molar refractivity (Wildman–Crippen MR) is 173 cm³/mol. The molecule has 5 nitrogen and oxygen atoms in total. The number of rotatable bonds is 9. The minimum Gasteiger partial charge on any atom is -0.384 e. The van der Waals surface area contributed by atoms with Crippen molar-refractivity contribution in [3.63, 3.8) is 0 Å². The number of piperazine rings is 1. The fourth-order valence-corrected chi connectivity index (χ4v) is 6.35. The third-order valence-electron chi connectivity index (χ3n) is 8.66. The van der Waals surface area contributed by atoms with E-state index in [4.69, 9.17) is 0 Å². The summed E-state index contributed by atoms with van der Waals surface area (Å²) in [6, 6.07) is 30.4. The maximum atomic E-state index is 4.65. The second-order valence-electron chi connectivity index (χ2n) is 11.3. The maximum Gasteiger partial charge on any atom is 0.0729 e. The lowest BCUT2D eigenvalue weighted by molar-refractivity contribution is 0.131. The number of hydrogen-bond acceptors (Lipinski definition) is 5. The molecule has 41 heavy (non-hydrogen) atoms. The van der Waals surface area contributed by atoms with Gasteiger partial charge in [0.1, 0.15) is 0 Å². The van der Waals surface area contributed by atoms with Crippen molar-refractivity contribution in [3.05, 3.63) is 103 Å². The van der Waals surface area contributed by atoms with Gasteiger partial charge in [-0.3, -0.25) is 9.97 Å². The molecule has 4 aromatic carbocycles. The van der Waals surface area contributed by atoms with E-state index in [0.29, 0.717) is 0 Å². The number of aromatic nitrogens is 2. The fourth-order valence-electron chi connectivity index (χ4n) is 6.35. The zero-order valence-electron chi connectivity index (χ0n) is 23.6. The van der Waals surface area contributed by atoms with Crippen LogP contribution in [0.25, 0.3) is 43.4 Å². The summed E-state index contributed by atoms with van der Waals surface area (Å²) >= 11 is 0. The summed E-state index contributed by atoms with van der Waals surface area (Å²) in [6.07, 6.45) is 7.31. The molecule has 0 spiro atoms. The first-order chi connectivity index (χ1) is 20.3. The van der Waals surface area contributed by atoms with Crippen LogP contribution in [0.2, 0.25) is 0 Å². The van der Waals surface area contributed by atoms with Crippen LogP contribution in [-0.2, 0) is 6.42 Å². The summed E-state index contributed by atoms with van der Waals surface area (Å²) in [5.74, 6) is 0. The van der Waals surface area contributed by atoms with E-state index in [2.05, 4.69) is 110 Å². The van der Waals surface area contributed by atoms with Gasteiger partial charge < -0.3 is 15.1 Å². The van der Waals surface area contributed by atoms with Gasteiger partial charge in [-0.15, -0.1) is 0 Å². The van der Waals surface area contributed by atoms with Crippen LogP contribution in [0, 0.1) is 0 Å². The minimum atomic E-state index is 0.974. The highest BCUT2D eigenvalue weighted by Gasteiger charge is 2.16. The van der Waals surface area contributed by atoms with Crippen molar-refractivity contribution in [3.8, 4) is 0 Å². The van der Waals surface area contributed by atoms with Crippen LogP contribution in [0.4, 0.5) is 5.69 Å². The van der Waals surface area contributed by atoms with Crippen molar-refractivity contribution in [1.82, 2.24) is 19.8 Å². The molecule has 0 amide bonds. The van der Waals surface area contributed by atoms with Crippen molar-refractivity contribution < 1.29 is 0 Å². The van der Waals surface area contributed by atoms with Crippen LogP contribution >= 0.6 is 0 Å². The van der Waals surface area contributed by atoms with E-state index in [1.807, 2.05) is 12.4 Å². The summed E-state index contributed by atoms with van der Waals surface area (Å²) < 4.78 is 0. The second kappa shape index (κ2) is 11.8. The quantitative estimate of drug-likeness (QED) is 0.156. The summed E-state index contributed by atoms with van der Waals surface area (Å²) in [6.45, 7) is 7.93. The summed E-state index contributed by atoms with van der Waals surface area (Å²) in [5.41, 5.74) is 4.76. The lowest BCUT2D eigenvalue weighted by Gasteiger charge is -2.34. The normalized spacial score (nSPS) is 14.8. The molecule has 0 aliphatic carbocycles. The molecule has 0 unspecified atom stereocenters. The van der Waals surface area contributed by atoms with Gasteiger partial charge in [-0.1, -0.05) is 48.5 Å². The van der Waals surface area contributed by atoms with Crippen LogP contribution in [0.5, 0.6) is 0 Å². The topological polar surface area (TPSA) is 44.3 Å². The Labute approximate surface area is 241 Å². The van der Waals surface area contributed by atoms with Gasteiger partial charge in [0.2, 0.25) is 0 Å². The van der Waals surface area contributed by atoms with Crippen molar-refractivity contribution in [2.75, 3.05) is 51.1 Å². The first-order valence-electron chi connectivity index (χ1n) is 15.0. The van der Waals surface area contributed by atoms with E-state index in [-0.39, 0.29) is 0 Å². The Bertz CT molecular complexity index is 1810. The van der Waals surface area contributed by atoms with Crippen LogP contribution in [0.1, 0.15) is 18.4 Å². The average molecular weight is 540 g/mol. The fraction of sp³-hybridized carbons (Fsp3) is 0.278. The number of nitrogens with zero attached hydrogens (tertiary/aromatic N) is 4. The Morgan fingerprint density at radius 3 is 1.78 bits per heavy atom. The summed E-state index contributed by atoms with van der Waals surface area (Å²) in [7, 11) is 0. The number of nitrogens with one attached hydrogen (secondary N) is 1. The molecule has 0 radical (unpaired) electrons. The summed E-state index contributed by atoms with van der Waals surface area (Å²) in [5, 5.41) is 11.2. The molecule has 1 aliphatic rings. The molecular weight excluding hydrogens is 502 g/mol. The van der Waals surface area contributed by atoms with Gasteiger partial charge in [-0.25, -0.2) is 0 Å². The number of anilines is 1. The Morgan fingerprint density at radius 2 is 1.12 bits per heavy atom. The van der Waals surface area contributed by atoms with E-state index >= 15 is 0 Å². The first-order valence-corrected chi connectivity index (χ1v) is 15.0. The zero-order chi connectivity index (χ0) is 27.4. The Kier molecular flexibility index (Phi) is 7.46. The Balaban J connectivity index is 0.868. The molecule has 7 rings (SSSR count). The van der Waals surface area contributed by atoms with Gasteiger partial charge in [0, 0.05) is 61.6 Å². The molecule has 0 atom stereocenters. The highest BCUT2D eigenvalue weighted by Crippen LogP contribution is 2.27. The van der Waals surface area contributed by atoms with E-state index in [1.54, 1.807) is 0 Å². The van der Waals surface area contributed by atoms with E-state index in [1.165, 1.54) is 50.0 Å². The Morgan fingerprint density at radius 1 is 0.585 bits per heavy atom. The standard InChI is InChI=1S/C36H37N5/c1-3-9-30-25-35-32(23-28(30)7-1)27(12-15-38-35)11-5-17-40-19-21-41(22-20-40)18-6-14-37-34-13-16-39-36-26-31-10-4-2-8-29(31)24-33(34)36/h1-4,7-10,12-13,15-16,23-26H,5-6,11,14,17-22H2,(H,37,39). The number of aryl methyl sites for hydroxylation is 1. The largest absolute Gasteiger partial charge is 0.384 e. The van der Waals surface area contributed by atoms with E-state index in [0.717, 1.165) is 69.7 Å². The third-order valence-corrected chi connectivity index (χ3v) is 8.66. The summed E-state index contributed by atoms with van der Waals surface area (Å²) in [4.78, 5) is 14.5. The highest BCUT2D eigenvalue weighted by atomic mass is 15.3. The molecule has 0 bridgehead atoms. The minimum absolute atomic E-state index is 0.974. The number of hydrogen-bond donors (Lipinski definition) is 1. The lowest BCUT2D eigenvalue weighted by Crippen LogP contribution is -2.47. The van der Waals surface area contributed by atoms with Crippen LogP contribution < -0.4 is 5.32 Å². The highest BCUT2D eigenvalue weighted by molar-refractivity contribution is 6.02. The molecule has 6 aromatic rings. The average Bonchev–Trinajstić information content (AvgIpc) is 3.02. The molecule has 206 valence electrons. The van der Waals surface area contributed by atoms with E-state index < -0.39 is 0 Å². The second-order valence-corrected chi connectivity index (χ2v) is 11.3. The van der Waals surface area contributed by atoms with Crippen molar-refractivity contribution in [2.24, 2.45) is 0 Å². The van der Waals surface area contributed by atoms with Crippen molar-refractivity contribution in [2.45, 2.75) is 19.3 Å². The van der Waals surface area contributed by atoms with Crippen LogP contribution in [-0.4, -0.2) is 65.6 Å². The van der Waals surface area contributed by atoms with Gasteiger partial charge in [0.25, 0.3) is 0 Å². The maximum absolute atomic E-state index is 4.65. The molecule has 0 saturated carbocycles. The smallest absolute Gasteiger partial charge is 0.0729 e. The van der Waals surface area contributed by atoms with Gasteiger partial charge in [-0.05, 0) is 95.9 Å². The Hall–Kier alpha value is -4.06. The molecule has 2 aromatic heterocycles. The van der Waals surface area contributed by atoms with Gasteiger partial charge in [0.05, 0.1) is 11.0 Å². The van der Waals surface area contributed by atoms with Gasteiger partial charge in [0.15, 0.2) is 0 Å². The molecular formula is C36H37N5. The van der Waals surface area contributed by atoms with Gasteiger partial charge >= 0.3 is 0 Å². The van der Waals surface area contributed by atoms with Gasteiger partial charge in [-0.2, -0.15) is 0 Å². The first kappa shape index (κ1) is 25.9. The molecule has 3 heterocycles. The molecule has 1 saturated heterocycles. The SMILES string of the molecule is c1ccc2cc3c(CCCN4CCN(CCCNc5ccnc6cc7ccccc7cc56)CC4)ccnc3cc2c1. The molecule has 1 N–H and O–H groups in total. The van der Waals surface area contributed by atoms with Crippen molar-refractivity contribution in [1.29, 1.82) is 0 Å². The zero-order valence-corrected chi connectivity index (χ0v) is 23.6. The number of fused-ring (bicyclic) bond motifs is 4. The molecule has 1 fully saturated rings. The van der Waals surface area contributed by atoms with Crippen LogP contribution in [0.3, 0.4) is 0 Å². The lowest BCUT2D eigenvalue weighted by atomic mass is 10.0. The number of pyridine rings is 2. The third kappa shape index (κ3) is 5.74. The number of benzene rings is 4.